The number of hydrogen-bond acceptors (Lipinski definition) is 4. The van der Waals surface area contributed by atoms with Gasteiger partial charge in [-0.2, -0.15) is 4.68 Å². The Balaban J connectivity index is 1.55. The number of hydrogen-bond donors (Lipinski definition) is 0. The summed E-state index contributed by atoms with van der Waals surface area (Å²) in [5.41, 5.74) is 3.87. The van der Waals surface area contributed by atoms with Crippen LogP contribution in [0.5, 0.6) is 0 Å². The van der Waals surface area contributed by atoms with Crippen molar-refractivity contribution in [2.24, 2.45) is 0 Å². The van der Waals surface area contributed by atoms with Crippen molar-refractivity contribution < 1.29 is 0 Å². The molecule has 1 aromatic heterocycles. The number of rotatable bonds is 3. The van der Waals surface area contributed by atoms with E-state index in [0.717, 1.165) is 37.6 Å². The van der Waals surface area contributed by atoms with Crippen molar-refractivity contribution >= 4 is 0 Å². The predicted molar refractivity (Wildman–Crippen MR) is 83.4 cm³/mol. The van der Waals surface area contributed by atoms with Gasteiger partial charge in [0.2, 0.25) is 0 Å². The first-order valence-corrected chi connectivity index (χ1v) is 7.52. The van der Waals surface area contributed by atoms with E-state index in [4.69, 9.17) is 0 Å². The number of benzene rings is 2. The number of para-hydroxylation sites is 1. The smallest absolute Gasteiger partial charge is 0.170 e. The maximum absolute atomic E-state index is 4.20. The molecule has 1 aliphatic heterocycles. The second-order valence-corrected chi connectivity index (χ2v) is 5.57. The van der Waals surface area contributed by atoms with Gasteiger partial charge < -0.3 is 0 Å². The van der Waals surface area contributed by atoms with Gasteiger partial charge in [0, 0.05) is 13.1 Å². The van der Waals surface area contributed by atoms with Crippen LogP contribution in [0.4, 0.5) is 0 Å². The van der Waals surface area contributed by atoms with Gasteiger partial charge in [-0.3, -0.25) is 4.90 Å². The van der Waals surface area contributed by atoms with E-state index in [0.29, 0.717) is 0 Å². The van der Waals surface area contributed by atoms with E-state index in [9.17, 15) is 0 Å². The van der Waals surface area contributed by atoms with Gasteiger partial charge in [-0.25, -0.2) is 0 Å². The van der Waals surface area contributed by atoms with Gasteiger partial charge in [-0.1, -0.05) is 42.5 Å². The van der Waals surface area contributed by atoms with Crippen molar-refractivity contribution in [3.63, 3.8) is 0 Å². The van der Waals surface area contributed by atoms with Crippen LogP contribution in [0.1, 0.15) is 17.0 Å². The Labute approximate surface area is 129 Å². The summed E-state index contributed by atoms with van der Waals surface area (Å²) in [7, 11) is 0. The largest absolute Gasteiger partial charge is 0.291 e. The topological polar surface area (TPSA) is 46.8 Å². The van der Waals surface area contributed by atoms with Crippen LogP contribution in [0.15, 0.2) is 54.6 Å². The molecule has 2 heterocycles. The number of tetrazole rings is 1. The highest BCUT2D eigenvalue weighted by Gasteiger charge is 2.18. The molecule has 0 fully saturated rings. The van der Waals surface area contributed by atoms with E-state index >= 15 is 0 Å². The molecule has 5 heteroatoms. The summed E-state index contributed by atoms with van der Waals surface area (Å²) < 4.78 is 1.82. The Morgan fingerprint density at radius 3 is 2.55 bits per heavy atom. The molecule has 0 radical (unpaired) electrons. The molecule has 0 N–H and O–H groups in total. The van der Waals surface area contributed by atoms with Gasteiger partial charge in [-0.15, -0.1) is 5.10 Å². The van der Waals surface area contributed by atoms with Crippen LogP contribution in [-0.4, -0.2) is 31.7 Å². The van der Waals surface area contributed by atoms with Crippen LogP contribution in [0.25, 0.3) is 5.69 Å². The van der Waals surface area contributed by atoms with Gasteiger partial charge in [0.25, 0.3) is 0 Å². The normalized spacial score (nSPS) is 14.7. The summed E-state index contributed by atoms with van der Waals surface area (Å²) >= 11 is 0. The fourth-order valence-electron chi connectivity index (χ4n) is 2.96. The summed E-state index contributed by atoms with van der Waals surface area (Å²) in [5, 5.41) is 12.2. The van der Waals surface area contributed by atoms with E-state index in [1.807, 2.05) is 35.0 Å². The first kappa shape index (κ1) is 13.2. The minimum atomic E-state index is 0.760. The quantitative estimate of drug-likeness (QED) is 0.742. The Morgan fingerprint density at radius 1 is 0.909 bits per heavy atom. The summed E-state index contributed by atoms with van der Waals surface area (Å²) in [6.07, 6.45) is 1.09. The second-order valence-electron chi connectivity index (χ2n) is 5.57. The summed E-state index contributed by atoms with van der Waals surface area (Å²) in [6, 6.07) is 18.7. The second kappa shape index (κ2) is 5.69. The predicted octanol–water partition coefficient (Wildman–Crippen LogP) is 2.22. The van der Waals surface area contributed by atoms with E-state index in [2.05, 4.69) is 44.7 Å². The molecule has 0 spiro atoms. The highest BCUT2D eigenvalue weighted by atomic mass is 15.5. The molecule has 110 valence electrons. The fraction of sp³-hybridized carbons (Fsp3) is 0.235. The summed E-state index contributed by atoms with van der Waals surface area (Å²) in [5.74, 6) is 0.880. The maximum Gasteiger partial charge on any atom is 0.170 e. The molecule has 22 heavy (non-hydrogen) atoms. The van der Waals surface area contributed by atoms with Crippen molar-refractivity contribution in [3.8, 4) is 5.69 Å². The molecule has 1 aliphatic rings. The zero-order valence-corrected chi connectivity index (χ0v) is 12.3. The van der Waals surface area contributed by atoms with Crippen LogP contribution in [0.3, 0.4) is 0 Å². The third kappa shape index (κ3) is 2.51. The van der Waals surface area contributed by atoms with Crippen LogP contribution < -0.4 is 0 Å². The molecule has 0 amide bonds. The van der Waals surface area contributed by atoms with Crippen LogP contribution in [-0.2, 0) is 19.5 Å². The van der Waals surface area contributed by atoms with Gasteiger partial charge in [0.1, 0.15) is 0 Å². The average molecular weight is 291 g/mol. The van der Waals surface area contributed by atoms with Gasteiger partial charge in [0.05, 0.1) is 12.2 Å². The van der Waals surface area contributed by atoms with Crippen molar-refractivity contribution in [2.45, 2.75) is 19.5 Å². The van der Waals surface area contributed by atoms with Crippen LogP contribution >= 0.6 is 0 Å². The van der Waals surface area contributed by atoms with Crippen LogP contribution in [0.2, 0.25) is 0 Å². The lowest BCUT2D eigenvalue weighted by atomic mass is 10.00. The molecular formula is C17H17N5. The minimum absolute atomic E-state index is 0.760. The van der Waals surface area contributed by atoms with Crippen LogP contribution in [0, 0.1) is 0 Å². The van der Waals surface area contributed by atoms with Gasteiger partial charge >= 0.3 is 0 Å². The fourth-order valence-corrected chi connectivity index (χ4v) is 2.96. The highest BCUT2D eigenvalue weighted by Crippen LogP contribution is 2.20. The van der Waals surface area contributed by atoms with Crippen molar-refractivity contribution in [1.82, 2.24) is 25.1 Å². The van der Waals surface area contributed by atoms with E-state index in [1.165, 1.54) is 11.1 Å². The maximum atomic E-state index is 4.20. The van der Waals surface area contributed by atoms with Gasteiger partial charge in [-0.05, 0) is 40.1 Å². The van der Waals surface area contributed by atoms with Crippen molar-refractivity contribution in [2.75, 3.05) is 6.54 Å². The molecule has 0 unspecified atom stereocenters. The number of aromatic nitrogens is 4. The molecule has 0 aliphatic carbocycles. The zero-order valence-electron chi connectivity index (χ0n) is 12.3. The Kier molecular flexibility index (Phi) is 3.40. The third-order valence-electron chi connectivity index (χ3n) is 4.11. The highest BCUT2D eigenvalue weighted by molar-refractivity contribution is 5.31. The monoisotopic (exact) mass is 291 g/mol. The number of fused-ring (bicyclic) bond motifs is 1. The first-order valence-electron chi connectivity index (χ1n) is 7.52. The molecule has 4 rings (SSSR count). The SMILES string of the molecule is c1ccc(-n2nnnc2CN2CCc3ccccc3C2)cc1. The molecule has 0 saturated carbocycles. The lowest BCUT2D eigenvalue weighted by molar-refractivity contribution is 0.237. The van der Waals surface area contributed by atoms with E-state index in [1.54, 1.807) is 0 Å². The molecule has 0 atom stereocenters. The summed E-state index contributed by atoms with van der Waals surface area (Å²) in [6.45, 7) is 2.76. The van der Waals surface area contributed by atoms with Crippen molar-refractivity contribution in [3.05, 3.63) is 71.5 Å². The molecule has 0 bridgehead atoms. The lowest BCUT2D eigenvalue weighted by Crippen LogP contribution is -2.31. The molecular weight excluding hydrogens is 274 g/mol. The van der Waals surface area contributed by atoms with E-state index < -0.39 is 0 Å². The first-order chi connectivity index (χ1) is 10.9. The Hall–Kier alpha value is -2.53. The van der Waals surface area contributed by atoms with E-state index in [-0.39, 0.29) is 0 Å². The zero-order chi connectivity index (χ0) is 14.8. The number of nitrogens with zero attached hydrogens (tertiary/aromatic N) is 5. The van der Waals surface area contributed by atoms with Crippen molar-refractivity contribution in [1.29, 1.82) is 0 Å². The molecule has 2 aromatic carbocycles. The standard InChI is InChI=1S/C17H17N5/c1-2-8-16(9-3-1)22-17(18-19-20-22)13-21-11-10-14-6-4-5-7-15(14)12-21/h1-9H,10-13H2. The van der Waals surface area contributed by atoms with Gasteiger partial charge in [0.15, 0.2) is 5.82 Å². The minimum Gasteiger partial charge on any atom is -0.291 e. The molecule has 0 saturated heterocycles. The molecule has 3 aromatic rings. The summed E-state index contributed by atoms with van der Waals surface area (Å²) in [4.78, 5) is 2.40. The third-order valence-corrected chi connectivity index (χ3v) is 4.11. The molecule has 5 nitrogen and oxygen atoms in total. The Morgan fingerprint density at radius 2 is 1.68 bits per heavy atom. The lowest BCUT2D eigenvalue weighted by Gasteiger charge is -2.28. The average Bonchev–Trinajstić information content (AvgIpc) is 3.04. The Bertz CT molecular complexity index is 765.